The van der Waals surface area contributed by atoms with E-state index < -0.39 is 0 Å². The van der Waals surface area contributed by atoms with Gasteiger partial charge < -0.3 is 10.8 Å². The molecule has 0 aliphatic rings. The summed E-state index contributed by atoms with van der Waals surface area (Å²) in [6, 6.07) is 1.82. The van der Waals surface area contributed by atoms with E-state index >= 15 is 0 Å². The number of nitrogen functional groups attached to an aromatic ring is 1. The van der Waals surface area contributed by atoms with Gasteiger partial charge in [0, 0.05) is 18.3 Å². The van der Waals surface area contributed by atoms with E-state index in [1.165, 1.54) is 0 Å². The third kappa shape index (κ3) is 2.23. The fourth-order valence-electron chi connectivity index (χ4n) is 1.07. The highest BCUT2D eigenvalue weighted by Crippen LogP contribution is 2.05. The minimum Gasteiger partial charge on any atom is -0.393 e. The van der Waals surface area contributed by atoms with E-state index in [1.807, 2.05) is 17.7 Å². The number of aromatic nitrogens is 2. The molecule has 0 bridgehead atoms. The largest absolute Gasteiger partial charge is 0.393 e. The maximum atomic E-state index is 9.04. The van der Waals surface area contributed by atoms with E-state index in [1.54, 1.807) is 6.92 Å². The van der Waals surface area contributed by atoms with Crippen LogP contribution in [0.2, 0.25) is 0 Å². The molecule has 1 rings (SSSR count). The number of aliphatic hydroxyl groups excluding tert-OH is 1. The molecule has 3 N–H and O–H groups in total. The Morgan fingerprint density at radius 2 is 2.42 bits per heavy atom. The van der Waals surface area contributed by atoms with Crippen LogP contribution in [0.5, 0.6) is 0 Å². The van der Waals surface area contributed by atoms with Gasteiger partial charge in [-0.15, -0.1) is 0 Å². The summed E-state index contributed by atoms with van der Waals surface area (Å²) < 4.78 is 1.81. The summed E-state index contributed by atoms with van der Waals surface area (Å²) in [4.78, 5) is 0. The number of hydrogen-bond acceptors (Lipinski definition) is 3. The molecule has 0 fully saturated rings. The Morgan fingerprint density at radius 3 is 2.83 bits per heavy atom. The molecule has 0 unspecified atom stereocenters. The normalized spacial score (nSPS) is 13.2. The van der Waals surface area contributed by atoms with Gasteiger partial charge in [0.05, 0.1) is 6.10 Å². The second-order valence-electron chi connectivity index (χ2n) is 3.07. The van der Waals surface area contributed by atoms with Crippen LogP contribution in [0.15, 0.2) is 6.07 Å². The second-order valence-corrected chi connectivity index (χ2v) is 3.07. The number of aryl methyl sites for hydroxylation is 2. The van der Waals surface area contributed by atoms with Crippen LogP contribution in [0.1, 0.15) is 19.0 Å². The van der Waals surface area contributed by atoms with Gasteiger partial charge in [-0.3, -0.25) is 4.68 Å². The van der Waals surface area contributed by atoms with Crippen LogP contribution in [-0.2, 0) is 6.54 Å². The lowest BCUT2D eigenvalue weighted by Gasteiger charge is -2.05. The van der Waals surface area contributed by atoms with Crippen molar-refractivity contribution in [3.8, 4) is 0 Å². The van der Waals surface area contributed by atoms with Crippen LogP contribution < -0.4 is 5.73 Å². The summed E-state index contributed by atoms with van der Waals surface area (Å²) >= 11 is 0. The quantitative estimate of drug-likeness (QED) is 0.694. The minimum absolute atomic E-state index is 0.283. The zero-order valence-corrected chi connectivity index (χ0v) is 7.49. The summed E-state index contributed by atoms with van der Waals surface area (Å²) in [5, 5.41) is 13.1. The predicted molar refractivity (Wildman–Crippen MR) is 47.7 cm³/mol. The summed E-state index contributed by atoms with van der Waals surface area (Å²) in [6.07, 6.45) is 0.428. The molecule has 4 nitrogen and oxygen atoms in total. The summed E-state index contributed by atoms with van der Waals surface area (Å²) in [5.41, 5.74) is 6.53. The topological polar surface area (TPSA) is 64.1 Å². The van der Waals surface area contributed by atoms with Crippen molar-refractivity contribution in [3.63, 3.8) is 0 Å². The van der Waals surface area contributed by atoms with Gasteiger partial charge in [0.25, 0.3) is 0 Å². The fraction of sp³-hybridized carbons (Fsp3) is 0.625. The van der Waals surface area contributed by atoms with Crippen molar-refractivity contribution >= 4 is 5.82 Å². The van der Waals surface area contributed by atoms with Crippen LogP contribution in [0.3, 0.4) is 0 Å². The van der Waals surface area contributed by atoms with E-state index in [2.05, 4.69) is 5.10 Å². The molecule has 1 aromatic rings. The molecule has 0 aliphatic heterocycles. The van der Waals surface area contributed by atoms with Crippen LogP contribution in [0.4, 0.5) is 5.82 Å². The van der Waals surface area contributed by atoms with Crippen LogP contribution in [0.25, 0.3) is 0 Å². The molecule has 0 saturated heterocycles. The van der Waals surface area contributed by atoms with Crippen LogP contribution in [0, 0.1) is 6.92 Å². The number of hydrogen-bond donors (Lipinski definition) is 2. The van der Waals surface area contributed by atoms with Gasteiger partial charge in [-0.2, -0.15) is 5.10 Å². The van der Waals surface area contributed by atoms with Gasteiger partial charge in [-0.1, -0.05) is 0 Å². The summed E-state index contributed by atoms with van der Waals surface area (Å²) in [5.74, 6) is 0.540. The molecular formula is C8H15N3O. The molecule has 1 atom stereocenters. The zero-order valence-electron chi connectivity index (χ0n) is 7.49. The standard InChI is InChI=1S/C8H15N3O/c1-6-5-8(9)10-11(6)4-3-7(2)12/h5,7,12H,3-4H2,1-2H3,(H2,9,10)/t7-/m0/s1. The number of rotatable bonds is 3. The third-order valence-corrected chi connectivity index (χ3v) is 1.76. The average Bonchev–Trinajstić information content (AvgIpc) is 2.26. The average molecular weight is 169 g/mol. The molecule has 0 spiro atoms. The second kappa shape index (κ2) is 3.58. The van der Waals surface area contributed by atoms with Gasteiger partial charge in [-0.25, -0.2) is 0 Å². The molecule has 4 heteroatoms. The first-order valence-corrected chi connectivity index (χ1v) is 4.07. The first-order valence-electron chi connectivity index (χ1n) is 4.07. The minimum atomic E-state index is -0.283. The Balaban J connectivity index is 2.57. The molecule has 0 amide bonds. The molecule has 1 heterocycles. The lowest BCUT2D eigenvalue weighted by atomic mass is 10.3. The van der Waals surface area contributed by atoms with E-state index in [0.29, 0.717) is 12.2 Å². The number of nitrogens with two attached hydrogens (primary N) is 1. The Morgan fingerprint density at radius 1 is 1.75 bits per heavy atom. The van der Waals surface area contributed by atoms with Gasteiger partial charge in [0.15, 0.2) is 0 Å². The van der Waals surface area contributed by atoms with Crippen molar-refractivity contribution in [1.29, 1.82) is 0 Å². The van der Waals surface area contributed by atoms with E-state index in [0.717, 1.165) is 12.2 Å². The van der Waals surface area contributed by atoms with Crippen molar-refractivity contribution in [2.24, 2.45) is 0 Å². The number of anilines is 1. The molecule has 0 aromatic carbocycles. The Bertz CT molecular complexity index is 255. The lowest BCUT2D eigenvalue weighted by molar-refractivity contribution is 0.176. The molecule has 12 heavy (non-hydrogen) atoms. The predicted octanol–water partition coefficient (Wildman–Crippen LogP) is 0.545. The maximum Gasteiger partial charge on any atom is 0.145 e. The monoisotopic (exact) mass is 169 g/mol. The SMILES string of the molecule is Cc1cc(N)nn1CC[C@H](C)O. The highest BCUT2D eigenvalue weighted by atomic mass is 16.3. The van der Waals surface area contributed by atoms with Gasteiger partial charge in [0.1, 0.15) is 5.82 Å². The third-order valence-electron chi connectivity index (χ3n) is 1.76. The highest BCUT2D eigenvalue weighted by molar-refractivity contribution is 5.28. The molecular weight excluding hydrogens is 154 g/mol. The molecule has 0 saturated carbocycles. The summed E-state index contributed by atoms with van der Waals surface area (Å²) in [7, 11) is 0. The Kier molecular flexibility index (Phi) is 2.70. The maximum absolute atomic E-state index is 9.04. The molecule has 68 valence electrons. The van der Waals surface area contributed by atoms with Gasteiger partial charge in [-0.05, 0) is 20.3 Å². The first kappa shape index (κ1) is 9.06. The van der Waals surface area contributed by atoms with Crippen molar-refractivity contribution in [2.45, 2.75) is 32.9 Å². The van der Waals surface area contributed by atoms with E-state index in [4.69, 9.17) is 10.8 Å². The van der Waals surface area contributed by atoms with Crippen LogP contribution in [-0.4, -0.2) is 21.0 Å². The summed E-state index contributed by atoms with van der Waals surface area (Å²) in [6.45, 7) is 4.44. The smallest absolute Gasteiger partial charge is 0.145 e. The Labute approximate surface area is 72.0 Å². The van der Waals surface area contributed by atoms with Gasteiger partial charge in [0.2, 0.25) is 0 Å². The van der Waals surface area contributed by atoms with Gasteiger partial charge >= 0.3 is 0 Å². The number of nitrogens with zero attached hydrogens (tertiary/aromatic N) is 2. The lowest BCUT2D eigenvalue weighted by Crippen LogP contribution is -2.09. The molecule has 1 aromatic heterocycles. The number of aliphatic hydroxyl groups is 1. The fourth-order valence-corrected chi connectivity index (χ4v) is 1.07. The van der Waals surface area contributed by atoms with Crippen molar-refractivity contribution in [2.75, 3.05) is 5.73 Å². The van der Waals surface area contributed by atoms with E-state index in [9.17, 15) is 0 Å². The van der Waals surface area contributed by atoms with Crippen molar-refractivity contribution in [1.82, 2.24) is 9.78 Å². The van der Waals surface area contributed by atoms with Crippen molar-refractivity contribution in [3.05, 3.63) is 11.8 Å². The molecule has 0 radical (unpaired) electrons. The highest BCUT2D eigenvalue weighted by Gasteiger charge is 2.02. The molecule has 0 aliphatic carbocycles. The van der Waals surface area contributed by atoms with E-state index in [-0.39, 0.29) is 6.10 Å². The van der Waals surface area contributed by atoms with Crippen molar-refractivity contribution < 1.29 is 5.11 Å². The Hall–Kier alpha value is -1.03. The first-order chi connectivity index (χ1) is 5.59. The zero-order chi connectivity index (χ0) is 9.14. The van der Waals surface area contributed by atoms with Crippen LogP contribution >= 0.6 is 0 Å².